The second kappa shape index (κ2) is 15.5. The van der Waals surface area contributed by atoms with Gasteiger partial charge in [0.2, 0.25) is 18.2 Å². The van der Waals surface area contributed by atoms with Crippen molar-refractivity contribution < 1.29 is 24.0 Å². The van der Waals surface area contributed by atoms with Crippen LogP contribution in [0.3, 0.4) is 0 Å². The lowest BCUT2D eigenvalue weighted by atomic mass is 10.0. The second-order valence-electron chi connectivity index (χ2n) is 7.97. The van der Waals surface area contributed by atoms with Crippen molar-refractivity contribution >= 4 is 30.0 Å². The van der Waals surface area contributed by atoms with Crippen LogP contribution in [0.2, 0.25) is 0 Å². The van der Waals surface area contributed by atoms with E-state index in [0.717, 1.165) is 30.6 Å². The molecule has 0 aromatic heterocycles. The van der Waals surface area contributed by atoms with Gasteiger partial charge in [-0.2, -0.15) is 0 Å². The summed E-state index contributed by atoms with van der Waals surface area (Å²) in [5.74, 6) is -1.45. The lowest BCUT2D eigenvalue weighted by Gasteiger charge is -2.22. The van der Waals surface area contributed by atoms with Gasteiger partial charge in [-0.05, 0) is 50.8 Å². The molecule has 0 aliphatic carbocycles. The Labute approximate surface area is 201 Å². The predicted molar refractivity (Wildman–Crippen MR) is 130 cm³/mol. The van der Waals surface area contributed by atoms with Gasteiger partial charge in [-0.15, -0.1) is 6.58 Å². The number of carbonyl (C=O) groups is 5. The van der Waals surface area contributed by atoms with Gasteiger partial charge >= 0.3 is 0 Å². The first-order chi connectivity index (χ1) is 16.3. The molecule has 0 saturated carbocycles. The molecule has 1 aliphatic rings. The van der Waals surface area contributed by atoms with Crippen LogP contribution in [0.25, 0.3) is 0 Å². The van der Waals surface area contributed by atoms with Crippen molar-refractivity contribution in [3.05, 3.63) is 47.5 Å². The molecule has 1 aromatic carbocycles. The fraction of sp³-hybridized carbons (Fsp3) is 0.480. The summed E-state index contributed by atoms with van der Waals surface area (Å²) in [4.78, 5) is 60.7. The van der Waals surface area contributed by atoms with E-state index >= 15 is 0 Å². The lowest BCUT2D eigenvalue weighted by Crippen LogP contribution is -2.39. The quantitative estimate of drug-likeness (QED) is 0.174. The largest absolute Gasteiger partial charge is 0.352 e. The highest BCUT2D eigenvalue weighted by atomic mass is 16.2. The average molecular weight is 473 g/mol. The number of amides is 5. The molecule has 0 saturated heterocycles. The van der Waals surface area contributed by atoms with Crippen LogP contribution in [-0.2, 0) is 20.9 Å². The number of allylic oxidation sites excluding steroid dienone is 1. The van der Waals surface area contributed by atoms with Crippen LogP contribution < -0.4 is 16.4 Å². The summed E-state index contributed by atoms with van der Waals surface area (Å²) in [5.41, 5.74) is 6.59. The Balaban J connectivity index is 0.00000133. The van der Waals surface area contributed by atoms with E-state index in [1.54, 1.807) is 25.1 Å². The molecule has 9 nitrogen and oxygen atoms in total. The number of benzene rings is 1. The van der Waals surface area contributed by atoms with Gasteiger partial charge in [0.15, 0.2) is 0 Å². The predicted octanol–water partition coefficient (Wildman–Crippen LogP) is 2.44. The van der Waals surface area contributed by atoms with Crippen LogP contribution in [0, 0.1) is 0 Å². The summed E-state index contributed by atoms with van der Waals surface area (Å²) in [6.07, 6.45) is 6.40. The Morgan fingerprint density at radius 2 is 1.82 bits per heavy atom. The van der Waals surface area contributed by atoms with Crippen molar-refractivity contribution in [2.45, 2.75) is 71.4 Å². The van der Waals surface area contributed by atoms with Crippen LogP contribution in [0.4, 0.5) is 0 Å². The Morgan fingerprint density at radius 1 is 1.12 bits per heavy atom. The highest BCUT2D eigenvalue weighted by Gasteiger charge is 2.39. The van der Waals surface area contributed by atoms with Crippen LogP contribution in [0.1, 0.15) is 85.1 Å². The van der Waals surface area contributed by atoms with Gasteiger partial charge in [-0.1, -0.05) is 31.6 Å². The topological polar surface area (TPSA) is 139 Å². The number of nitrogens with zero attached hydrogens (tertiary/aromatic N) is 1. The van der Waals surface area contributed by atoms with E-state index in [2.05, 4.69) is 18.8 Å². The molecule has 0 bridgehead atoms. The smallest absolute Gasteiger partial charge is 0.262 e. The summed E-state index contributed by atoms with van der Waals surface area (Å²) >= 11 is 0. The minimum absolute atomic E-state index is 0.0143. The maximum Gasteiger partial charge on any atom is 0.262 e. The minimum Gasteiger partial charge on any atom is -0.352 e. The molecule has 0 radical (unpaired) electrons. The molecule has 4 N–H and O–H groups in total. The maximum absolute atomic E-state index is 13.0. The number of imide groups is 2. The second-order valence-corrected chi connectivity index (χ2v) is 7.97. The van der Waals surface area contributed by atoms with Crippen LogP contribution in [-0.4, -0.2) is 47.5 Å². The van der Waals surface area contributed by atoms with Gasteiger partial charge < -0.3 is 11.1 Å². The summed E-state index contributed by atoms with van der Waals surface area (Å²) in [7, 11) is 0. The lowest BCUT2D eigenvalue weighted by molar-refractivity contribution is -0.125. The van der Waals surface area contributed by atoms with E-state index in [-0.39, 0.29) is 30.9 Å². The molecule has 0 fully saturated rings. The maximum atomic E-state index is 13.0. The van der Waals surface area contributed by atoms with Crippen LogP contribution in [0.15, 0.2) is 30.9 Å². The molecule has 1 unspecified atom stereocenters. The molecule has 2 rings (SSSR count). The van der Waals surface area contributed by atoms with Gasteiger partial charge in [-0.25, -0.2) is 0 Å². The van der Waals surface area contributed by atoms with Gasteiger partial charge in [0.05, 0.1) is 11.1 Å². The molecule has 1 heterocycles. The van der Waals surface area contributed by atoms with Crippen molar-refractivity contribution in [3.63, 3.8) is 0 Å². The molecule has 9 heteroatoms. The Bertz CT molecular complexity index is 884. The van der Waals surface area contributed by atoms with E-state index in [1.165, 1.54) is 0 Å². The Morgan fingerprint density at radius 3 is 2.44 bits per heavy atom. The minimum atomic E-state index is -0.514. The molecule has 1 atom stereocenters. The van der Waals surface area contributed by atoms with Crippen LogP contribution >= 0.6 is 0 Å². The number of rotatable bonds is 13. The molecule has 1 aliphatic heterocycles. The first-order valence-corrected chi connectivity index (χ1v) is 11.6. The number of hydrogen-bond acceptors (Lipinski definition) is 6. The highest BCUT2D eigenvalue weighted by molar-refractivity contribution is 6.22. The van der Waals surface area contributed by atoms with E-state index in [0.29, 0.717) is 30.5 Å². The van der Waals surface area contributed by atoms with Crippen molar-refractivity contribution in [1.82, 2.24) is 15.5 Å². The number of nitrogens with two attached hydrogens (primary N) is 1. The molecule has 34 heavy (non-hydrogen) atoms. The first kappa shape index (κ1) is 28.7. The van der Waals surface area contributed by atoms with Gasteiger partial charge in [-0.3, -0.25) is 34.2 Å². The van der Waals surface area contributed by atoms with E-state index in [9.17, 15) is 24.0 Å². The molecule has 5 amide bonds. The van der Waals surface area contributed by atoms with Crippen LogP contribution in [0.5, 0.6) is 0 Å². The third-order valence-electron chi connectivity index (χ3n) is 5.36. The number of unbranched alkanes of at least 4 members (excludes halogenated alkanes) is 2. The summed E-state index contributed by atoms with van der Waals surface area (Å²) < 4.78 is 0. The van der Waals surface area contributed by atoms with Crippen molar-refractivity contribution in [1.29, 1.82) is 0 Å². The number of hydrogen-bond donors (Lipinski definition) is 3. The Hall–Kier alpha value is -3.33. The fourth-order valence-corrected chi connectivity index (χ4v) is 3.42. The molecule has 186 valence electrons. The molecule has 0 spiro atoms. The molecular weight excluding hydrogens is 436 g/mol. The van der Waals surface area contributed by atoms with Gasteiger partial charge in [0.1, 0.15) is 0 Å². The summed E-state index contributed by atoms with van der Waals surface area (Å²) in [6.45, 7) is 7.98. The van der Waals surface area contributed by atoms with Crippen molar-refractivity contribution in [2.24, 2.45) is 5.73 Å². The van der Waals surface area contributed by atoms with Gasteiger partial charge in [0.25, 0.3) is 11.8 Å². The third kappa shape index (κ3) is 8.55. The average Bonchev–Trinajstić information content (AvgIpc) is 3.09. The summed E-state index contributed by atoms with van der Waals surface area (Å²) in [6, 6.07) is 4.46. The summed E-state index contributed by atoms with van der Waals surface area (Å²) in [5, 5.41) is 4.84. The normalized spacial score (nSPS) is 12.9. The van der Waals surface area contributed by atoms with Gasteiger partial charge in [0, 0.05) is 25.4 Å². The van der Waals surface area contributed by atoms with Crippen molar-refractivity contribution in [3.8, 4) is 0 Å². The van der Waals surface area contributed by atoms with E-state index in [1.807, 2.05) is 11.4 Å². The third-order valence-corrected chi connectivity index (χ3v) is 5.36. The standard InChI is InChI=1S/C21H28N4O5.C4H8/c1-14(9-10-18(28)24-13-26)25-20(29)16-7-5-6-15(19(16)21(25)30)12-23-17(27)8-3-2-4-11-22;1-3-4-2/h5-7,13-14H,2-4,8-12,22H2,1H3,(H,23,27)(H,24,26,28);3H,1,4H2,2H3. The van der Waals surface area contributed by atoms with E-state index < -0.39 is 23.8 Å². The number of carbonyl (C=O) groups excluding carboxylic acids is 5. The highest BCUT2D eigenvalue weighted by Crippen LogP contribution is 2.28. The first-order valence-electron chi connectivity index (χ1n) is 11.6. The SMILES string of the molecule is C=CCC.CC(CCC(=O)NC=O)N1C(=O)c2cccc(CNC(=O)CCCCCN)c2C1=O. The number of fused-ring (bicyclic) bond motifs is 1. The molecule has 1 aromatic rings. The zero-order valence-electron chi connectivity index (χ0n) is 20.1. The zero-order chi connectivity index (χ0) is 25.5. The Kier molecular flexibility index (Phi) is 13.1. The zero-order valence-corrected chi connectivity index (χ0v) is 20.1. The molecular formula is C25H36N4O5. The fourth-order valence-electron chi connectivity index (χ4n) is 3.42. The van der Waals surface area contributed by atoms with E-state index in [4.69, 9.17) is 5.73 Å². The van der Waals surface area contributed by atoms with Crippen molar-refractivity contribution in [2.75, 3.05) is 6.54 Å². The number of nitrogens with one attached hydrogen (secondary N) is 2. The monoisotopic (exact) mass is 472 g/mol.